The van der Waals surface area contributed by atoms with Gasteiger partial charge in [0.25, 0.3) is 11.8 Å². The Labute approximate surface area is 172 Å². The Morgan fingerprint density at radius 2 is 1.83 bits per heavy atom. The highest BCUT2D eigenvalue weighted by Gasteiger charge is 2.25. The fraction of sp³-hybridized carbons (Fsp3) is 0.182. The summed E-state index contributed by atoms with van der Waals surface area (Å²) >= 11 is 1.35. The number of para-hydroxylation sites is 3. The first-order chi connectivity index (χ1) is 14.1. The zero-order valence-electron chi connectivity index (χ0n) is 15.8. The number of fused-ring (bicyclic) bond motifs is 1. The fourth-order valence-electron chi connectivity index (χ4n) is 3.12. The first kappa shape index (κ1) is 19.0. The van der Waals surface area contributed by atoms with E-state index in [-0.39, 0.29) is 17.9 Å². The van der Waals surface area contributed by atoms with Crippen LogP contribution in [0.3, 0.4) is 0 Å². The molecule has 2 aromatic carbocycles. The number of anilines is 1. The molecule has 1 unspecified atom stereocenters. The summed E-state index contributed by atoms with van der Waals surface area (Å²) in [5, 5.41) is 4.67. The molecule has 0 saturated carbocycles. The number of nitrogens with one attached hydrogen (secondary N) is 1. The molecule has 1 aliphatic rings. The third-order valence-electron chi connectivity index (χ3n) is 4.54. The molecule has 29 heavy (non-hydrogen) atoms. The highest BCUT2D eigenvalue weighted by molar-refractivity contribution is 7.12. The van der Waals surface area contributed by atoms with Gasteiger partial charge in [0.1, 0.15) is 6.61 Å². The predicted octanol–water partition coefficient (Wildman–Crippen LogP) is 3.91. The zero-order valence-corrected chi connectivity index (χ0v) is 16.6. The summed E-state index contributed by atoms with van der Waals surface area (Å²) in [6.07, 6.45) is -0.272. The Morgan fingerprint density at radius 1 is 1.07 bits per heavy atom. The lowest BCUT2D eigenvalue weighted by Gasteiger charge is -2.29. The lowest BCUT2D eigenvalue weighted by Crippen LogP contribution is -2.42. The summed E-state index contributed by atoms with van der Waals surface area (Å²) in [7, 11) is 1.71. The van der Waals surface area contributed by atoms with Crippen molar-refractivity contribution in [3.8, 4) is 11.5 Å². The van der Waals surface area contributed by atoms with Crippen LogP contribution in [0.5, 0.6) is 11.5 Å². The maximum atomic E-state index is 13.0. The minimum Gasteiger partial charge on any atom is -0.486 e. The number of nitrogens with zero attached hydrogens (tertiary/aromatic N) is 1. The molecule has 2 amide bonds. The molecule has 148 valence electrons. The molecular weight excluding hydrogens is 388 g/mol. The number of carbonyl (C=O) groups is 2. The number of ether oxygens (including phenoxy) is 2. The van der Waals surface area contributed by atoms with Crippen molar-refractivity contribution in [1.82, 2.24) is 4.90 Å². The number of rotatable bonds is 5. The summed E-state index contributed by atoms with van der Waals surface area (Å²) in [4.78, 5) is 27.6. The standard InChI is InChI=1S/C22H20N2O4S/c1-24(13-15-14-27-18-9-4-5-10-19(18)28-15)22(26)16-7-2-3-8-17(16)23-21(25)20-11-6-12-29-20/h2-12,15H,13-14H2,1H3,(H,23,25). The fourth-order valence-corrected chi connectivity index (χ4v) is 3.74. The highest BCUT2D eigenvalue weighted by Crippen LogP contribution is 2.31. The van der Waals surface area contributed by atoms with Gasteiger partial charge >= 0.3 is 0 Å². The quantitative estimate of drug-likeness (QED) is 0.695. The van der Waals surface area contributed by atoms with E-state index in [0.717, 1.165) is 0 Å². The number of amides is 2. The van der Waals surface area contributed by atoms with E-state index in [2.05, 4.69) is 5.32 Å². The zero-order chi connectivity index (χ0) is 20.2. The third-order valence-corrected chi connectivity index (χ3v) is 5.41. The van der Waals surface area contributed by atoms with Crippen LogP contribution in [0.4, 0.5) is 5.69 Å². The largest absolute Gasteiger partial charge is 0.486 e. The van der Waals surface area contributed by atoms with Gasteiger partial charge in [-0.2, -0.15) is 0 Å². The van der Waals surface area contributed by atoms with E-state index < -0.39 is 0 Å². The molecule has 1 aliphatic heterocycles. The lowest BCUT2D eigenvalue weighted by molar-refractivity contribution is 0.0521. The van der Waals surface area contributed by atoms with E-state index in [1.165, 1.54) is 11.3 Å². The van der Waals surface area contributed by atoms with Gasteiger partial charge < -0.3 is 19.7 Å². The number of hydrogen-bond acceptors (Lipinski definition) is 5. The molecule has 0 saturated heterocycles. The van der Waals surface area contributed by atoms with Gasteiger partial charge in [-0.15, -0.1) is 11.3 Å². The van der Waals surface area contributed by atoms with Gasteiger partial charge in [0.2, 0.25) is 0 Å². The molecule has 3 aromatic rings. The Balaban J connectivity index is 1.45. The predicted molar refractivity (Wildman–Crippen MR) is 112 cm³/mol. The average molecular weight is 408 g/mol. The first-order valence-corrected chi connectivity index (χ1v) is 10.1. The average Bonchev–Trinajstić information content (AvgIpc) is 3.29. The lowest BCUT2D eigenvalue weighted by atomic mass is 10.1. The van der Waals surface area contributed by atoms with Crippen molar-refractivity contribution in [2.45, 2.75) is 6.10 Å². The molecular formula is C22H20N2O4S. The monoisotopic (exact) mass is 408 g/mol. The minimum atomic E-state index is -0.272. The number of benzene rings is 2. The maximum Gasteiger partial charge on any atom is 0.265 e. The topological polar surface area (TPSA) is 67.9 Å². The number of hydrogen-bond donors (Lipinski definition) is 1. The van der Waals surface area contributed by atoms with Crippen LogP contribution >= 0.6 is 11.3 Å². The van der Waals surface area contributed by atoms with Gasteiger partial charge in [0, 0.05) is 7.05 Å². The summed E-state index contributed by atoms with van der Waals surface area (Å²) in [5.41, 5.74) is 0.908. The van der Waals surface area contributed by atoms with Crippen LogP contribution in [-0.2, 0) is 0 Å². The van der Waals surface area contributed by atoms with Crippen molar-refractivity contribution in [2.75, 3.05) is 25.5 Å². The van der Waals surface area contributed by atoms with E-state index in [4.69, 9.17) is 9.47 Å². The number of thiophene rings is 1. The summed E-state index contributed by atoms with van der Waals surface area (Å²) in [6, 6.07) is 18.0. The van der Waals surface area contributed by atoms with Crippen LogP contribution in [-0.4, -0.2) is 43.0 Å². The van der Waals surface area contributed by atoms with Crippen LogP contribution in [0, 0.1) is 0 Å². The molecule has 0 spiro atoms. The molecule has 1 atom stereocenters. The second-order valence-electron chi connectivity index (χ2n) is 6.66. The molecule has 0 aliphatic carbocycles. The molecule has 0 bridgehead atoms. The summed E-state index contributed by atoms with van der Waals surface area (Å²) in [6.45, 7) is 0.728. The Kier molecular flexibility index (Phi) is 5.48. The molecule has 6 nitrogen and oxygen atoms in total. The van der Waals surface area contributed by atoms with E-state index in [1.54, 1.807) is 42.3 Å². The van der Waals surface area contributed by atoms with Gasteiger partial charge in [-0.25, -0.2) is 0 Å². The molecule has 0 fully saturated rings. The molecule has 1 N–H and O–H groups in total. The van der Waals surface area contributed by atoms with Gasteiger partial charge in [-0.1, -0.05) is 30.3 Å². The smallest absolute Gasteiger partial charge is 0.265 e. The number of likely N-dealkylation sites (N-methyl/N-ethyl adjacent to an activating group) is 1. The van der Waals surface area contributed by atoms with Crippen molar-refractivity contribution in [3.63, 3.8) is 0 Å². The molecule has 1 aromatic heterocycles. The summed E-state index contributed by atoms with van der Waals surface area (Å²) in [5.74, 6) is 0.950. The SMILES string of the molecule is CN(CC1COc2ccccc2O1)C(=O)c1ccccc1NC(=O)c1cccs1. The van der Waals surface area contributed by atoms with E-state index >= 15 is 0 Å². The van der Waals surface area contributed by atoms with Crippen LogP contribution in [0.15, 0.2) is 66.0 Å². The van der Waals surface area contributed by atoms with Gasteiger partial charge in [0.05, 0.1) is 22.7 Å². The van der Waals surface area contributed by atoms with Gasteiger partial charge in [-0.05, 0) is 35.7 Å². The van der Waals surface area contributed by atoms with Crippen LogP contribution in [0.2, 0.25) is 0 Å². The van der Waals surface area contributed by atoms with E-state index in [9.17, 15) is 9.59 Å². The Hall–Kier alpha value is -3.32. The molecule has 4 rings (SSSR count). The molecule has 7 heteroatoms. The van der Waals surface area contributed by atoms with Crippen LogP contribution < -0.4 is 14.8 Å². The van der Waals surface area contributed by atoms with Crippen LogP contribution in [0.1, 0.15) is 20.0 Å². The molecule has 2 heterocycles. The Bertz CT molecular complexity index is 1020. The molecule has 0 radical (unpaired) electrons. The van der Waals surface area contributed by atoms with E-state index in [0.29, 0.717) is 40.8 Å². The van der Waals surface area contributed by atoms with Gasteiger partial charge in [-0.3, -0.25) is 9.59 Å². The Morgan fingerprint density at radius 3 is 2.62 bits per heavy atom. The second-order valence-corrected chi connectivity index (χ2v) is 7.61. The third kappa shape index (κ3) is 4.25. The van der Waals surface area contributed by atoms with Crippen molar-refractivity contribution in [3.05, 3.63) is 76.5 Å². The number of carbonyl (C=O) groups excluding carboxylic acids is 2. The van der Waals surface area contributed by atoms with Crippen molar-refractivity contribution < 1.29 is 19.1 Å². The minimum absolute atomic E-state index is 0.200. The highest BCUT2D eigenvalue weighted by atomic mass is 32.1. The van der Waals surface area contributed by atoms with Crippen molar-refractivity contribution in [2.24, 2.45) is 0 Å². The first-order valence-electron chi connectivity index (χ1n) is 9.19. The van der Waals surface area contributed by atoms with Gasteiger partial charge in [0.15, 0.2) is 17.6 Å². The summed E-state index contributed by atoms with van der Waals surface area (Å²) < 4.78 is 11.7. The van der Waals surface area contributed by atoms with Crippen LogP contribution in [0.25, 0.3) is 0 Å². The van der Waals surface area contributed by atoms with Crippen molar-refractivity contribution in [1.29, 1.82) is 0 Å². The van der Waals surface area contributed by atoms with E-state index in [1.807, 2.05) is 35.7 Å². The maximum absolute atomic E-state index is 13.0. The second kappa shape index (κ2) is 8.36. The van der Waals surface area contributed by atoms with Crippen molar-refractivity contribution >= 4 is 28.8 Å². The normalized spacial score (nSPS) is 14.9.